The first-order valence-electron chi connectivity index (χ1n) is 4.96. The molecule has 2 rings (SSSR count). The van der Waals surface area contributed by atoms with E-state index in [1.165, 1.54) is 11.1 Å². The maximum atomic E-state index is 11.3. The Labute approximate surface area is 93.8 Å². The van der Waals surface area contributed by atoms with Gasteiger partial charge >= 0.3 is 0 Å². The van der Waals surface area contributed by atoms with Crippen LogP contribution in [0.15, 0.2) is 28.8 Å². The Balaban J connectivity index is 2.11. The molecule has 0 unspecified atom stereocenters. The van der Waals surface area contributed by atoms with Crippen molar-refractivity contribution in [3.05, 3.63) is 45.8 Å². The molecule has 0 bridgehead atoms. The van der Waals surface area contributed by atoms with Crippen molar-refractivity contribution in [3.8, 4) is 0 Å². The molecule has 1 aromatic rings. The summed E-state index contributed by atoms with van der Waals surface area (Å²) in [7, 11) is -3.62. The molecule has 0 N–H and O–H groups in total. The molecular weight excluding hydrogens is 226 g/mol. The number of fused-ring (bicyclic) bond motifs is 1. The molecular formula is C10H11N3O2S. The fourth-order valence-corrected chi connectivity index (χ4v) is 3.16. The van der Waals surface area contributed by atoms with E-state index in [1.54, 1.807) is 0 Å². The lowest BCUT2D eigenvalue weighted by Crippen LogP contribution is -2.13. The van der Waals surface area contributed by atoms with Gasteiger partial charge in [-0.05, 0) is 35.4 Å². The number of azide groups is 1. The van der Waals surface area contributed by atoms with Gasteiger partial charge in [-0.3, -0.25) is 0 Å². The third-order valence-electron chi connectivity index (χ3n) is 2.74. The monoisotopic (exact) mass is 237 g/mol. The molecule has 0 amide bonds. The normalized spacial score (nSPS) is 15.5. The van der Waals surface area contributed by atoms with Gasteiger partial charge in [0, 0.05) is 9.43 Å². The number of nitrogens with zero attached hydrogens (tertiary/aromatic N) is 3. The highest BCUT2D eigenvalue weighted by atomic mass is 32.2. The summed E-state index contributed by atoms with van der Waals surface area (Å²) in [6.07, 6.45) is 1.49. The van der Waals surface area contributed by atoms with Gasteiger partial charge in [-0.15, -0.1) is 0 Å². The van der Waals surface area contributed by atoms with Crippen LogP contribution < -0.4 is 0 Å². The molecule has 0 atom stereocenters. The SMILES string of the molecule is [N-]=[N+]=NS(=O)(=O)CC1Cc2ccccc2C1. The quantitative estimate of drug-likeness (QED) is 0.458. The zero-order valence-electron chi connectivity index (χ0n) is 8.57. The first-order chi connectivity index (χ1) is 7.61. The number of rotatable bonds is 3. The van der Waals surface area contributed by atoms with Crippen molar-refractivity contribution in [2.45, 2.75) is 12.8 Å². The Morgan fingerprint density at radius 1 is 1.31 bits per heavy atom. The molecule has 0 aliphatic heterocycles. The van der Waals surface area contributed by atoms with E-state index >= 15 is 0 Å². The van der Waals surface area contributed by atoms with Gasteiger partial charge < -0.3 is 0 Å². The van der Waals surface area contributed by atoms with Crippen LogP contribution in [0, 0.1) is 5.92 Å². The topological polar surface area (TPSA) is 82.9 Å². The lowest BCUT2D eigenvalue weighted by Gasteiger charge is -2.05. The smallest absolute Gasteiger partial charge is 0.221 e. The number of hydrogen-bond donors (Lipinski definition) is 0. The van der Waals surface area contributed by atoms with Gasteiger partial charge in [0.1, 0.15) is 0 Å². The van der Waals surface area contributed by atoms with E-state index in [-0.39, 0.29) is 11.7 Å². The number of benzene rings is 1. The lowest BCUT2D eigenvalue weighted by atomic mass is 10.1. The van der Waals surface area contributed by atoms with Crippen LogP contribution in [0.1, 0.15) is 11.1 Å². The van der Waals surface area contributed by atoms with Crippen LogP contribution in [0.3, 0.4) is 0 Å². The van der Waals surface area contributed by atoms with Crippen LogP contribution in [0.4, 0.5) is 0 Å². The molecule has 0 fully saturated rings. The van der Waals surface area contributed by atoms with Crippen molar-refractivity contribution in [1.82, 2.24) is 0 Å². The molecule has 0 saturated carbocycles. The van der Waals surface area contributed by atoms with Gasteiger partial charge in [-0.25, -0.2) is 8.42 Å². The Morgan fingerprint density at radius 2 is 1.88 bits per heavy atom. The fourth-order valence-electron chi connectivity index (χ4n) is 2.15. The van der Waals surface area contributed by atoms with Crippen molar-refractivity contribution >= 4 is 10.0 Å². The first-order valence-corrected chi connectivity index (χ1v) is 6.57. The van der Waals surface area contributed by atoms with E-state index in [9.17, 15) is 8.42 Å². The molecule has 1 aliphatic rings. The van der Waals surface area contributed by atoms with Gasteiger partial charge in [-0.2, -0.15) is 0 Å². The van der Waals surface area contributed by atoms with E-state index in [2.05, 4.69) is 9.43 Å². The summed E-state index contributed by atoms with van der Waals surface area (Å²) in [5.74, 6) is -0.0287. The van der Waals surface area contributed by atoms with Crippen molar-refractivity contribution in [2.75, 3.05) is 5.75 Å². The first kappa shape index (κ1) is 11.0. The van der Waals surface area contributed by atoms with Gasteiger partial charge in [0.25, 0.3) is 0 Å². The molecule has 0 aromatic heterocycles. The van der Waals surface area contributed by atoms with Crippen LogP contribution in [0.25, 0.3) is 10.4 Å². The maximum Gasteiger partial charge on any atom is 0.235 e. The molecule has 0 saturated heterocycles. The Morgan fingerprint density at radius 3 is 2.38 bits per heavy atom. The fraction of sp³-hybridized carbons (Fsp3) is 0.400. The highest BCUT2D eigenvalue weighted by molar-refractivity contribution is 7.90. The van der Waals surface area contributed by atoms with Crippen LogP contribution in [-0.2, 0) is 22.9 Å². The second kappa shape index (κ2) is 4.15. The van der Waals surface area contributed by atoms with Crippen LogP contribution in [0.5, 0.6) is 0 Å². The molecule has 0 heterocycles. The van der Waals surface area contributed by atoms with E-state index < -0.39 is 10.0 Å². The Kier molecular flexibility index (Phi) is 2.85. The van der Waals surface area contributed by atoms with Gasteiger partial charge in [0.05, 0.1) is 5.75 Å². The van der Waals surface area contributed by atoms with E-state index in [0.717, 1.165) is 12.8 Å². The summed E-state index contributed by atoms with van der Waals surface area (Å²) in [5.41, 5.74) is 10.5. The average molecular weight is 237 g/mol. The van der Waals surface area contributed by atoms with Crippen molar-refractivity contribution in [2.24, 2.45) is 10.4 Å². The minimum atomic E-state index is -3.62. The molecule has 16 heavy (non-hydrogen) atoms. The summed E-state index contributed by atoms with van der Waals surface area (Å²) >= 11 is 0. The van der Waals surface area contributed by atoms with Crippen molar-refractivity contribution in [3.63, 3.8) is 0 Å². The van der Waals surface area contributed by atoms with Gasteiger partial charge in [0.2, 0.25) is 10.0 Å². The summed E-state index contributed by atoms with van der Waals surface area (Å²) in [4.78, 5) is 2.34. The predicted molar refractivity (Wildman–Crippen MR) is 60.3 cm³/mol. The average Bonchev–Trinajstić information content (AvgIpc) is 2.58. The number of hydrogen-bond acceptors (Lipinski definition) is 2. The van der Waals surface area contributed by atoms with E-state index in [4.69, 9.17) is 5.53 Å². The predicted octanol–water partition coefficient (Wildman–Crippen LogP) is 2.04. The molecule has 84 valence electrons. The second-order valence-electron chi connectivity index (χ2n) is 3.96. The van der Waals surface area contributed by atoms with Gasteiger partial charge in [0.15, 0.2) is 0 Å². The Bertz CT molecular complexity index is 522. The molecule has 0 spiro atoms. The van der Waals surface area contributed by atoms with Crippen LogP contribution in [0.2, 0.25) is 0 Å². The van der Waals surface area contributed by atoms with Crippen molar-refractivity contribution < 1.29 is 8.42 Å². The highest BCUT2D eigenvalue weighted by Gasteiger charge is 2.25. The minimum absolute atomic E-state index is 0.0351. The van der Waals surface area contributed by atoms with Crippen LogP contribution >= 0.6 is 0 Å². The molecule has 0 radical (unpaired) electrons. The summed E-state index contributed by atoms with van der Waals surface area (Å²) in [6, 6.07) is 7.91. The largest absolute Gasteiger partial charge is 0.235 e. The molecule has 1 aliphatic carbocycles. The second-order valence-corrected chi connectivity index (χ2v) is 5.62. The zero-order valence-corrected chi connectivity index (χ0v) is 9.39. The standard InChI is InChI=1S/C10H11N3O2S/c11-12-13-16(14,15)7-8-5-9-3-1-2-4-10(9)6-8/h1-4,8H,5-7H2. The Hall–Kier alpha value is -1.52. The molecule has 6 heteroatoms. The third kappa shape index (κ3) is 2.35. The maximum absolute atomic E-state index is 11.3. The van der Waals surface area contributed by atoms with E-state index in [0.29, 0.717) is 0 Å². The van der Waals surface area contributed by atoms with E-state index in [1.807, 2.05) is 24.3 Å². The third-order valence-corrected chi connectivity index (χ3v) is 3.96. The van der Waals surface area contributed by atoms with Crippen molar-refractivity contribution in [1.29, 1.82) is 0 Å². The van der Waals surface area contributed by atoms with Gasteiger partial charge in [-0.1, -0.05) is 24.3 Å². The molecule has 1 aromatic carbocycles. The molecule has 5 nitrogen and oxygen atoms in total. The number of sulfonamides is 1. The van der Waals surface area contributed by atoms with Crippen LogP contribution in [-0.4, -0.2) is 14.2 Å². The summed E-state index contributed by atoms with van der Waals surface area (Å²) in [6.45, 7) is 0. The highest BCUT2D eigenvalue weighted by Crippen LogP contribution is 2.27. The summed E-state index contributed by atoms with van der Waals surface area (Å²) < 4.78 is 25.5. The lowest BCUT2D eigenvalue weighted by molar-refractivity contribution is 0.565. The summed E-state index contributed by atoms with van der Waals surface area (Å²) in [5, 5.41) is 0. The zero-order chi connectivity index (χ0) is 11.6. The minimum Gasteiger partial charge on any atom is -0.221 e.